The van der Waals surface area contributed by atoms with Gasteiger partial charge in [0.25, 0.3) is 5.56 Å². The van der Waals surface area contributed by atoms with Crippen LogP contribution in [0.2, 0.25) is 0 Å². The van der Waals surface area contributed by atoms with E-state index in [0.717, 1.165) is 47.2 Å². The molecule has 4 aliphatic rings. The number of hydrogen-bond donors (Lipinski definition) is 6. The van der Waals surface area contributed by atoms with Crippen LogP contribution in [0.3, 0.4) is 0 Å². The van der Waals surface area contributed by atoms with E-state index in [-0.39, 0.29) is 0 Å². The van der Waals surface area contributed by atoms with Crippen LogP contribution in [-0.2, 0) is 50.4 Å². The van der Waals surface area contributed by atoms with Gasteiger partial charge in [0.05, 0.1) is 18.6 Å². The molecule has 0 aliphatic carbocycles. The topological polar surface area (TPSA) is 231 Å². The molecular weight excluding hydrogens is 678 g/mol. The van der Waals surface area contributed by atoms with Gasteiger partial charge in [0.1, 0.15) is 54.4 Å². The number of aromatic amines is 1. The minimum absolute atomic E-state index is 0.482. The van der Waals surface area contributed by atoms with Crippen molar-refractivity contribution in [1.29, 1.82) is 0 Å². The SMILES string of the molecule is O=c1ccn([C@@H]2O[C@@H]3COP(=O)(S)O[C@H]4[C@@H](O)[C@H](n5cc6c7c(ncnc75)NCCC6)O[C@@H]4COP(O)(=S)O[C@@H]2[C@@H]3O)c(=O)[nH]1. The number of ether oxygens (including phenoxy) is 2. The van der Waals surface area contributed by atoms with Gasteiger partial charge in [0.2, 0.25) is 0 Å². The Balaban J connectivity index is 1.20. The highest BCUT2D eigenvalue weighted by molar-refractivity contribution is 8.44. The molecule has 45 heavy (non-hydrogen) atoms. The van der Waals surface area contributed by atoms with Gasteiger partial charge in [-0.3, -0.25) is 27.9 Å². The van der Waals surface area contributed by atoms with Crippen LogP contribution >= 0.6 is 25.8 Å². The molecule has 3 aromatic heterocycles. The fourth-order valence-corrected chi connectivity index (χ4v) is 8.81. The number of aryl methyl sites for hydroxylation is 1. The molecular formula is C23H28N6O12P2S2. The Labute approximate surface area is 263 Å². The van der Waals surface area contributed by atoms with E-state index in [0.29, 0.717) is 11.5 Å². The zero-order valence-corrected chi connectivity index (χ0v) is 26.5. The summed E-state index contributed by atoms with van der Waals surface area (Å²) in [7, 11) is 0. The summed E-state index contributed by atoms with van der Waals surface area (Å²) in [4.78, 5) is 46.0. The normalized spacial score (nSPS) is 38.8. The molecule has 3 fully saturated rings. The number of aromatic nitrogens is 5. The minimum atomic E-state index is -4.30. The Bertz CT molecular complexity index is 1840. The van der Waals surface area contributed by atoms with Crippen molar-refractivity contribution in [1.82, 2.24) is 24.1 Å². The van der Waals surface area contributed by atoms with Crippen molar-refractivity contribution >= 4 is 54.4 Å². The molecule has 2 bridgehead atoms. The lowest BCUT2D eigenvalue weighted by Crippen LogP contribution is -2.39. The first kappa shape index (κ1) is 31.6. The largest absolute Gasteiger partial charge is 0.387 e. The van der Waals surface area contributed by atoms with Crippen LogP contribution in [0.5, 0.6) is 0 Å². The highest BCUT2D eigenvalue weighted by Gasteiger charge is 2.53. The predicted molar refractivity (Wildman–Crippen MR) is 160 cm³/mol. The molecule has 0 saturated carbocycles. The van der Waals surface area contributed by atoms with E-state index in [1.54, 1.807) is 10.8 Å². The predicted octanol–water partition coefficient (Wildman–Crippen LogP) is -0.0719. The summed E-state index contributed by atoms with van der Waals surface area (Å²) in [5.74, 6) is 0.647. The summed E-state index contributed by atoms with van der Waals surface area (Å²) >= 11 is 9.30. The summed E-state index contributed by atoms with van der Waals surface area (Å²) in [6, 6.07) is 1.04. The van der Waals surface area contributed by atoms with Crippen LogP contribution in [-0.4, -0.2) is 95.6 Å². The molecule has 4 aliphatic heterocycles. The lowest BCUT2D eigenvalue weighted by Gasteiger charge is -2.27. The van der Waals surface area contributed by atoms with Gasteiger partial charge in [-0.2, -0.15) is 0 Å². The van der Waals surface area contributed by atoms with Gasteiger partial charge < -0.3 is 39.0 Å². The third kappa shape index (κ3) is 5.97. The Morgan fingerprint density at radius 2 is 1.80 bits per heavy atom. The number of thiol groups is 1. The zero-order chi connectivity index (χ0) is 31.7. The molecule has 10 atom stereocenters. The number of nitrogens with zero attached hydrogens (tertiary/aromatic N) is 4. The fourth-order valence-electron chi connectivity index (χ4n) is 5.90. The Kier molecular flexibility index (Phi) is 8.34. The molecule has 7 rings (SSSR count). The molecule has 0 amide bonds. The van der Waals surface area contributed by atoms with Gasteiger partial charge in [-0.05, 0) is 30.2 Å². The molecule has 5 N–H and O–H groups in total. The number of anilines is 1. The van der Waals surface area contributed by atoms with Crippen molar-refractivity contribution in [2.45, 2.75) is 61.9 Å². The van der Waals surface area contributed by atoms with Crippen LogP contribution in [0, 0.1) is 0 Å². The van der Waals surface area contributed by atoms with E-state index >= 15 is 0 Å². The fraction of sp³-hybridized carbons (Fsp3) is 0.565. The molecule has 2 unspecified atom stereocenters. The van der Waals surface area contributed by atoms with Crippen LogP contribution < -0.4 is 16.6 Å². The maximum Gasteiger partial charge on any atom is 0.386 e. The highest BCUT2D eigenvalue weighted by Crippen LogP contribution is 2.58. The molecule has 7 heterocycles. The number of rotatable bonds is 2. The number of hydrogen-bond acceptors (Lipinski definition) is 15. The molecule has 0 spiro atoms. The van der Waals surface area contributed by atoms with Gasteiger partial charge >= 0.3 is 19.2 Å². The van der Waals surface area contributed by atoms with Crippen molar-refractivity contribution < 1.29 is 47.2 Å². The number of H-pyrrole nitrogens is 1. The van der Waals surface area contributed by atoms with Crippen molar-refractivity contribution in [3.05, 3.63) is 51.2 Å². The maximum absolute atomic E-state index is 13.4. The van der Waals surface area contributed by atoms with Gasteiger partial charge in [-0.15, -0.1) is 0 Å². The first-order valence-corrected chi connectivity index (χ1v) is 19.1. The van der Waals surface area contributed by atoms with E-state index < -0.39 is 87.1 Å². The third-order valence-corrected chi connectivity index (χ3v) is 11.1. The van der Waals surface area contributed by atoms with Crippen molar-refractivity contribution in [2.75, 3.05) is 25.1 Å². The second kappa shape index (κ2) is 11.9. The zero-order valence-electron chi connectivity index (χ0n) is 23.0. The van der Waals surface area contributed by atoms with Gasteiger partial charge in [-0.1, -0.05) is 12.2 Å². The van der Waals surface area contributed by atoms with Gasteiger partial charge in [0, 0.05) is 25.0 Å². The summed E-state index contributed by atoms with van der Waals surface area (Å²) in [6.45, 7) is -8.90. The standard InChI is InChI=1S/C23H28N6O12P2S2/c30-13-3-5-28(23(33)27-13)22-18-15(31)11(38-22)7-36-42(34,44)40-17-12(8-37-43(35,45)41-18)39-21(16(17)32)29-6-10-2-1-4-24-19-14(10)20(29)26-9-25-19/h3,5-6,9,11-12,15-18,21-22,31-32H,1-2,4,7-8H2,(H,34,44)(H,35,45)(H,24,25,26)(H,27,30,33)/t11-,12-,15-,16-,17-,18-,21-,22-,42?,43?/m1/s1. The first-order chi connectivity index (χ1) is 21.4. The van der Waals surface area contributed by atoms with Crippen molar-refractivity contribution in [2.24, 2.45) is 0 Å². The number of nitrogens with one attached hydrogen (secondary N) is 2. The molecule has 18 nitrogen and oxygen atoms in total. The second-order valence-electron chi connectivity index (χ2n) is 10.8. The summed E-state index contributed by atoms with van der Waals surface area (Å²) in [6.07, 6.45) is -5.05. The molecule has 3 aromatic rings. The van der Waals surface area contributed by atoms with Crippen LogP contribution in [0.15, 0.2) is 34.4 Å². The Morgan fingerprint density at radius 1 is 1.02 bits per heavy atom. The minimum Gasteiger partial charge on any atom is -0.387 e. The summed E-state index contributed by atoms with van der Waals surface area (Å²) < 4.78 is 50.3. The summed E-state index contributed by atoms with van der Waals surface area (Å²) in [5.41, 5.74) is -0.154. The Hall–Kier alpha value is -2.03. The number of fused-ring (bicyclic) bond motifs is 3. The average molecular weight is 707 g/mol. The van der Waals surface area contributed by atoms with Crippen LogP contribution in [0.25, 0.3) is 11.0 Å². The van der Waals surface area contributed by atoms with Gasteiger partial charge in [-0.25, -0.2) is 19.3 Å². The second-order valence-corrected chi connectivity index (χ2v) is 16.5. The lowest BCUT2D eigenvalue weighted by atomic mass is 10.1. The van der Waals surface area contributed by atoms with Crippen molar-refractivity contribution in [3.8, 4) is 0 Å². The van der Waals surface area contributed by atoms with E-state index in [2.05, 4.69) is 32.5 Å². The number of aliphatic hydroxyl groups is 2. The van der Waals surface area contributed by atoms with Crippen molar-refractivity contribution in [3.63, 3.8) is 0 Å². The molecule has 22 heteroatoms. The van der Waals surface area contributed by atoms with Crippen LogP contribution in [0.4, 0.5) is 5.82 Å². The van der Waals surface area contributed by atoms with E-state index in [4.69, 9.17) is 39.4 Å². The smallest absolute Gasteiger partial charge is 0.386 e. The quantitative estimate of drug-likeness (QED) is 0.151. The molecule has 0 radical (unpaired) electrons. The lowest BCUT2D eigenvalue weighted by molar-refractivity contribution is -0.0616. The third-order valence-electron chi connectivity index (χ3n) is 7.94. The van der Waals surface area contributed by atoms with E-state index in [9.17, 15) is 29.3 Å². The monoisotopic (exact) mass is 706 g/mol. The maximum atomic E-state index is 13.4. The molecule has 3 saturated heterocycles. The average Bonchev–Trinajstić information content (AvgIpc) is 3.53. The van der Waals surface area contributed by atoms with E-state index in [1.165, 1.54) is 6.33 Å². The molecule has 0 aromatic carbocycles. The number of aliphatic hydroxyl groups excluding tert-OH is 2. The Morgan fingerprint density at radius 3 is 2.60 bits per heavy atom. The van der Waals surface area contributed by atoms with Gasteiger partial charge in [0.15, 0.2) is 12.5 Å². The van der Waals surface area contributed by atoms with Crippen LogP contribution in [0.1, 0.15) is 24.4 Å². The first-order valence-electron chi connectivity index (χ1n) is 13.8. The van der Waals surface area contributed by atoms with E-state index in [1.807, 2.05) is 0 Å². The summed E-state index contributed by atoms with van der Waals surface area (Å²) in [5, 5.41) is 26.5. The molecule has 244 valence electrons. The highest BCUT2D eigenvalue weighted by atomic mass is 32.7.